The van der Waals surface area contributed by atoms with Gasteiger partial charge in [0.15, 0.2) is 0 Å². The maximum absolute atomic E-state index is 12.4. The van der Waals surface area contributed by atoms with Crippen LogP contribution in [0.15, 0.2) is 30.3 Å². The van der Waals surface area contributed by atoms with Gasteiger partial charge in [-0.05, 0) is 61.1 Å². The molecule has 3 aliphatic carbocycles. The van der Waals surface area contributed by atoms with Crippen molar-refractivity contribution < 1.29 is 9.53 Å². The van der Waals surface area contributed by atoms with Crippen molar-refractivity contribution in [1.82, 2.24) is 4.98 Å². The van der Waals surface area contributed by atoms with Gasteiger partial charge in [-0.25, -0.2) is 4.79 Å². The van der Waals surface area contributed by atoms with E-state index in [1.807, 2.05) is 25.1 Å². The first kappa shape index (κ1) is 13.6. The van der Waals surface area contributed by atoms with Gasteiger partial charge in [0.25, 0.3) is 0 Å². The summed E-state index contributed by atoms with van der Waals surface area (Å²) >= 11 is 0. The van der Waals surface area contributed by atoms with Crippen molar-refractivity contribution >= 4 is 5.97 Å². The number of carbonyl (C=O) groups excluding carboxylic acids is 1. The average Bonchev–Trinajstić information content (AvgIpc) is 3.00. The highest BCUT2D eigenvalue weighted by Gasteiger charge is 2.39. The Hall–Kier alpha value is -2.03. The lowest BCUT2D eigenvalue weighted by atomic mass is 9.67. The van der Waals surface area contributed by atoms with E-state index in [1.165, 1.54) is 42.4 Å². The average molecular weight is 295 g/mol. The molecular formula is C19H21NO2. The van der Waals surface area contributed by atoms with Crippen LogP contribution < -0.4 is 0 Å². The summed E-state index contributed by atoms with van der Waals surface area (Å²) in [7, 11) is 0. The quantitative estimate of drug-likeness (QED) is 0.840. The molecule has 0 radical (unpaired) electrons. The van der Waals surface area contributed by atoms with Crippen molar-refractivity contribution in [2.45, 2.75) is 44.4 Å². The minimum absolute atomic E-state index is 0.200. The molecule has 0 saturated heterocycles. The molecule has 0 atom stereocenters. The van der Waals surface area contributed by atoms with Crippen LogP contribution >= 0.6 is 0 Å². The number of hydrogen-bond acceptors (Lipinski definition) is 2. The second-order valence-electron chi connectivity index (χ2n) is 6.34. The summed E-state index contributed by atoms with van der Waals surface area (Å²) in [6.07, 6.45) is 4.90. The Morgan fingerprint density at radius 2 is 1.73 bits per heavy atom. The van der Waals surface area contributed by atoms with Gasteiger partial charge in [-0.1, -0.05) is 30.3 Å². The number of ether oxygens (including phenoxy) is 1. The Morgan fingerprint density at radius 1 is 1.09 bits per heavy atom. The monoisotopic (exact) mass is 295 g/mol. The number of H-pyrrole nitrogens is 1. The predicted octanol–water partition coefficient (Wildman–Crippen LogP) is 4.61. The first-order chi connectivity index (χ1) is 10.8. The van der Waals surface area contributed by atoms with Gasteiger partial charge in [0, 0.05) is 5.69 Å². The smallest absolute Gasteiger partial charge is 0.355 e. The Balaban J connectivity index is 1.90. The van der Waals surface area contributed by atoms with Crippen LogP contribution in [-0.4, -0.2) is 17.6 Å². The second-order valence-corrected chi connectivity index (χ2v) is 6.34. The summed E-state index contributed by atoms with van der Waals surface area (Å²) in [5.41, 5.74) is 5.64. The van der Waals surface area contributed by atoms with Gasteiger partial charge in [-0.3, -0.25) is 0 Å². The van der Waals surface area contributed by atoms with Gasteiger partial charge in [-0.15, -0.1) is 0 Å². The van der Waals surface area contributed by atoms with Crippen LogP contribution in [0.5, 0.6) is 0 Å². The highest BCUT2D eigenvalue weighted by Crippen LogP contribution is 2.53. The number of carbonyl (C=O) groups is 1. The van der Waals surface area contributed by atoms with E-state index in [0.717, 1.165) is 5.69 Å². The zero-order valence-corrected chi connectivity index (χ0v) is 12.9. The zero-order valence-electron chi connectivity index (χ0n) is 12.9. The van der Waals surface area contributed by atoms with Crippen molar-refractivity contribution in [3.63, 3.8) is 0 Å². The van der Waals surface area contributed by atoms with Crippen LogP contribution in [0.4, 0.5) is 0 Å². The molecule has 22 heavy (non-hydrogen) atoms. The number of aromatic nitrogens is 1. The lowest BCUT2D eigenvalue weighted by Gasteiger charge is -2.37. The molecule has 0 spiro atoms. The lowest BCUT2D eigenvalue weighted by Crippen LogP contribution is -2.22. The maximum atomic E-state index is 12.4. The Labute approximate surface area is 130 Å². The molecule has 5 rings (SSSR count). The minimum atomic E-state index is -0.200. The molecule has 0 unspecified atom stereocenters. The van der Waals surface area contributed by atoms with E-state index in [-0.39, 0.29) is 5.97 Å². The maximum Gasteiger partial charge on any atom is 0.355 e. The molecule has 3 nitrogen and oxygen atoms in total. The molecule has 1 aromatic carbocycles. The molecule has 1 heterocycles. The van der Waals surface area contributed by atoms with Crippen LogP contribution in [0.1, 0.15) is 66.1 Å². The van der Waals surface area contributed by atoms with Gasteiger partial charge < -0.3 is 9.72 Å². The van der Waals surface area contributed by atoms with Gasteiger partial charge in [0.1, 0.15) is 5.69 Å². The van der Waals surface area contributed by atoms with Gasteiger partial charge in [0.05, 0.1) is 6.61 Å². The molecule has 2 bridgehead atoms. The van der Waals surface area contributed by atoms with E-state index < -0.39 is 0 Å². The third-order valence-electron chi connectivity index (χ3n) is 5.16. The first-order valence-electron chi connectivity index (χ1n) is 8.28. The Kier molecular flexibility index (Phi) is 3.29. The van der Waals surface area contributed by atoms with Crippen LogP contribution in [0, 0.1) is 0 Å². The van der Waals surface area contributed by atoms with Crippen molar-refractivity contribution in [3.05, 3.63) is 47.2 Å². The number of fused-ring (bicyclic) bond motifs is 2. The van der Waals surface area contributed by atoms with E-state index >= 15 is 0 Å². The Bertz CT molecular complexity index is 694. The van der Waals surface area contributed by atoms with E-state index in [0.29, 0.717) is 24.1 Å². The number of aromatic amines is 1. The summed E-state index contributed by atoms with van der Waals surface area (Å²) in [5.74, 6) is 0.913. The molecule has 1 aromatic heterocycles. The molecule has 3 heteroatoms. The normalized spacial score (nSPS) is 22.4. The summed E-state index contributed by atoms with van der Waals surface area (Å²) in [5, 5.41) is 0. The van der Waals surface area contributed by atoms with Crippen LogP contribution in [0.3, 0.4) is 0 Å². The van der Waals surface area contributed by atoms with Gasteiger partial charge in [-0.2, -0.15) is 0 Å². The van der Waals surface area contributed by atoms with Crippen molar-refractivity contribution in [2.24, 2.45) is 0 Å². The van der Waals surface area contributed by atoms with Gasteiger partial charge in [0.2, 0.25) is 0 Å². The third kappa shape index (κ3) is 1.99. The fourth-order valence-corrected chi connectivity index (χ4v) is 4.24. The van der Waals surface area contributed by atoms with E-state index in [2.05, 4.69) is 17.1 Å². The molecule has 0 amide bonds. The first-order valence-corrected chi connectivity index (χ1v) is 8.28. The molecule has 0 aliphatic heterocycles. The summed E-state index contributed by atoms with van der Waals surface area (Å²) in [6, 6.07) is 10.4. The van der Waals surface area contributed by atoms with E-state index in [1.54, 1.807) is 0 Å². The highest BCUT2D eigenvalue weighted by atomic mass is 16.5. The molecule has 2 aromatic rings. The standard InChI is InChI=1S/C19H21NO2/c1-2-22-19(21)18-16-13-10-8-12(9-11-13)15(16)17(20-18)14-6-4-3-5-7-14/h3-7,12-13,20H,2,8-11H2,1H3. The van der Waals surface area contributed by atoms with Crippen LogP contribution in [-0.2, 0) is 4.74 Å². The molecular weight excluding hydrogens is 274 g/mol. The number of rotatable bonds is 3. The van der Waals surface area contributed by atoms with Gasteiger partial charge >= 0.3 is 5.97 Å². The fraction of sp³-hybridized carbons (Fsp3) is 0.421. The predicted molar refractivity (Wildman–Crippen MR) is 86.1 cm³/mol. The zero-order chi connectivity index (χ0) is 15.1. The Morgan fingerprint density at radius 3 is 2.36 bits per heavy atom. The van der Waals surface area contributed by atoms with E-state index in [4.69, 9.17) is 4.74 Å². The number of hydrogen-bond donors (Lipinski definition) is 1. The molecule has 1 saturated carbocycles. The lowest BCUT2D eigenvalue weighted by molar-refractivity contribution is 0.0517. The second kappa shape index (κ2) is 5.31. The number of nitrogens with one attached hydrogen (secondary N) is 1. The fourth-order valence-electron chi connectivity index (χ4n) is 4.24. The molecule has 1 fully saturated rings. The van der Waals surface area contributed by atoms with Crippen molar-refractivity contribution in [2.75, 3.05) is 6.61 Å². The summed E-state index contributed by atoms with van der Waals surface area (Å²) < 4.78 is 5.28. The van der Waals surface area contributed by atoms with Crippen LogP contribution in [0.2, 0.25) is 0 Å². The number of benzene rings is 1. The SMILES string of the molecule is CCOC(=O)c1[nH]c(-c2ccccc2)c2c1C1CCC2CC1. The summed E-state index contributed by atoms with van der Waals surface area (Å²) in [4.78, 5) is 15.8. The summed E-state index contributed by atoms with van der Waals surface area (Å²) in [6.45, 7) is 2.28. The highest BCUT2D eigenvalue weighted by molar-refractivity contribution is 5.92. The molecule has 1 N–H and O–H groups in total. The topological polar surface area (TPSA) is 42.1 Å². The third-order valence-corrected chi connectivity index (χ3v) is 5.16. The van der Waals surface area contributed by atoms with Crippen LogP contribution in [0.25, 0.3) is 11.3 Å². The largest absolute Gasteiger partial charge is 0.461 e. The van der Waals surface area contributed by atoms with E-state index in [9.17, 15) is 4.79 Å². The molecule has 114 valence electrons. The number of esters is 1. The van der Waals surface area contributed by atoms with Crippen molar-refractivity contribution in [1.29, 1.82) is 0 Å². The minimum Gasteiger partial charge on any atom is -0.461 e. The van der Waals surface area contributed by atoms with Crippen molar-refractivity contribution in [3.8, 4) is 11.3 Å². The molecule has 3 aliphatic rings.